The van der Waals surface area contributed by atoms with E-state index in [1.54, 1.807) is 0 Å². The first-order chi connectivity index (χ1) is 5.72. The lowest BCUT2D eigenvalue weighted by Gasteiger charge is -2.06. The quantitative estimate of drug-likeness (QED) is 0.655. The predicted octanol–water partition coefficient (Wildman–Crippen LogP) is 1.14. The maximum absolute atomic E-state index is 8.42. The molecule has 1 rings (SSSR count). The van der Waals surface area contributed by atoms with Crippen LogP contribution in [0.4, 0.5) is 0 Å². The van der Waals surface area contributed by atoms with Crippen molar-refractivity contribution in [3.05, 3.63) is 18.1 Å². The van der Waals surface area contributed by atoms with Gasteiger partial charge < -0.3 is 4.74 Å². The van der Waals surface area contributed by atoms with Crippen molar-refractivity contribution in [1.29, 1.82) is 5.26 Å². The van der Waals surface area contributed by atoms with Gasteiger partial charge in [0.15, 0.2) is 5.69 Å². The second-order valence-electron chi connectivity index (χ2n) is 2.52. The number of rotatable bonds is 2. The Labute approximate surface area is 70.8 Å². The van der Waals surface area contributed by atoms with Gasteiger partial charge in [-0.25, -0.2) is 9.97 Å². The van der Waals surface area contributed by atoms with Crippen LogP contribution in [-0.4, -0.2) is 16.1 Å². The highest BCUT2D eigenvalue weighted by atomic mass is 16.5. The third kappa shape index (κ3) is 2.20. The van der Waals surface area contributed by atoms with Crippen molar-refractivity contribution in [3.8, 4) is 11.9 Å². The topological polar surface area (TPSA) is 58.8 Å². The molecule has 12 heavy (non-hydrogen) atoms. The maximum atomic E-state index is 8.42. The minimum Gasteiger partial charge on any atom is -0.474 e. The van der Waals surface area contributed by atoms with Gasteiger partial charge in [-0.2, -0.15) is 5.26 Å². The van der Waals surface area contributed by atoms with E-state index in [2.05, 4.69) is 9.97 Å². The standard InChI is InChI=1S/C8H9N3O/c1-6(2)12-8-5-10-7(3-9)4-11-8/h4-6H,1-2H3. The molecule has 0 unspecified atom stereocenters. The zero-order valence-electron chi connectivity index (χ0n) is 6.98. The fourth-order valence-corrected chi connectivity index (χ4v) is 0.676. The van der Waals surface area contributed by atoms with Crippen LogP contribution in [0.15, 0.2) is 12.4 Å². The first-order valence-electron chi connectivity index (χ1n) is 3.61. The highest BCUT2D eigenvalue weighted by Gasteiger charge is 1.98. The molecule has 1 aromatic rings. The molecule has 1 heterocycles. The van der Waals surface area contributed by atoms with Gasteiger partial charge >= 0.3 is 0 Å². The zero-order valence-corrected chi connectivity index (χ0v) is 6.98. The summed E-state index contributed by atoms with van der Waals surface area (Å²) in [5.74, 6) is 0.448. The lowest BCUT2D eigenvalue weighted by Crippen LogP contribution is -2.07. The van der Waals surface area contributed by atoms with E-state index < -0.39 is 0 Å². The minimum absolute atomic E-state index is 0.0761. The van der Waals surface area contributed by atoms with Crippen molar-refractivity contribution in [3.63, 3.8) is 0 Å². The van der Waals surface area contributed by atoms with Crippen LogP contribution in [0.1, 0.15) is 19.5 Å². The molecule has 0 N–H and O–H groups in total. The summed E-state index contributed by atoms with van der Waals surface area (Å²) in [6, 6.07) is 1.88. The largest absolute Gasteiger partial charge is 0.474 e. The molecule has 4 nitrogen and oxygen atoms in total. The summed E-state index contributed by atoms with van der Waals surface area (Å²) in [6.45, 7) is 3.81. The van der Waals surface area contributed by atoms with Crippen LogP contribution in [0.5, 0.6) is 5.88 Å². The first kappa shape index (κ1) is 8.47. The molecule has 0 aromatic carbocycles. The van der Waals surface area contributed by atoms with E-state index in [4.69, 9.17) is 10.00 Å². The van der Waals surface area contributed by atoms with Crippen molar-refractivity contribution in [2.75, 3.05) is 0 Å². The zero-order chi connectivity index (χ0) is 8.97. The highest BCUT2D eigenvalue weighted by molar-refractivity contribution is 5.18. The van der Waals surface area contributed by atoms with Crippen LogP contribution in [0.2, 0.25) is 0 Å². The first-order valence-corrected chi connectivity index (χ1v) is 3.61. The van der Waals surface area contributed by atoms with E-state index in [1.165, 1.54) is 12.4 Å². The number of aromatic nitrogens is 2. The molecular formula is C8H9N3O. The molecule has 0 bridgehead atoms. The van der Waals surface area contributed by atoms with Crippen LogP contribution in [-0.2, 0) is 0 Å². The monoisotopic (exact) mass is 163 g/mol. The van der Waals surface area contributed by atoms with Crippen LogP contribution >= 0.6 is 0 Å². The Kier molecular flexibility index (Phi) is 2.59. The lowest BCUT2D eigenvalue weighted by molar-refractivity contribution is 0.231. The average Bonchev–Trinajstić information content (AvgIpc) is 2.05. The van der Waals surface area contributed by atoms with E-state index in [1.807, 2.05) is 19.9 Å². The van der Waals surface area contributed by atoms with Gasteiger partial charge in [-0.15, -0.1) is 0 Å². The highest BCUT2D eigenvalue weighted by Crippen LogP contribution is 2.05. The molecule has 0 aliphatic heterocycles. The van der Waals surface area contributed by atoms with E-state index in [0.717, 1.165) is 0 Å². The molecule has 0 saturated heterocycles. The Hall–Kier alpha value is -1.63. The van der Waals surface area contributed by atoms with Crippen LogP contribution in [0.25, 0.3) is 0 Å². The summed E-state index contributed by atoms with van der Waals surface area (Å²) in [7, 11) is 0. The van der Waals surface area contributed by atoms with Crippen molar-refractivity contribution < 1.29 is 4.74 Å². The number of hydrogen-bond donors (Lipinski definition) is 0. The number of hydrogen-bond acceptors (Lipinski definition) is 4. The Morgan fingerprint density at radius 3 is 2.58 bits per heavy atom. The molecule has 0 saturated carbocycles. The van der Waals surface area contributed by atoms with Gasteiger partial charge in [0.05, 0.1) is 18.5 Å². The summed E-state index contributed by atoms with van der Waals surface area (Å²) in [6.07, 6.45) is 2.91. The lowest BCUT2D eigenvalue weighted by atomic mass is 10.5. The third-order valence-electron chi connectivity index (χ3n) is 1.10. The van der Waals surface area contributed by atoms with Crippen LogP contribution in [0, 0.1) is 11.3 Å². The molecule has 0 fully saturated rings. The predicted molar refractivity (Wildman–Crippen MR) is 42.5 cm³/mol. The van der Waals surface area contributed by atoms with Crippen molar-refractivity contribution in [1.82, 2.24) is 9.97 Å². The Morgan fingerprint density at radius 2 is 2.17 bits per heavy atom. The van der Waals surface area contributed by atoms with Gasteiger partial charge in [0.2, 0.25) is 5.88 Å². The summed E-state index contributed by atoms with van der Waals surface area (Å²) in [5.41, 5.74) is 0.297. The molecule has 0 aliphatic rings. The minimum atomic E-state index is 0.0761. The second-order valence-corrected chi connectivity index (χ2v) is 2.52. The normalized spacial score (nSPS) is 9.50. The molecule has 0 spiro atoms. The van der Waals surface area contributed by atoms with E-state index in [-0.39, 0.29) is 6.10 Å². The molecule has 0 amide bonds. The number of ether oxygens (including phenoxy) is 1. The fourth-order valence-electron chi connectivity index (χ4n) is 0.676. The summed E-state index contributed by atoms with van der Waals surface area (Å²) < 4.78 is 5.23. The molecule has 0 atom stereocenters. The molecule has 1 aromatic heterocycles. The number of nitrogens with zero attached hydrogens (tertiary/aromatic N) is 3. The summed E-state index contributed by atoms with van der Waals surface area (Å²) in [5, 5.41) is 8.42. The molecule has 62 valence electrons. The third-order valence-corrected chi connectivity index (χ3v) is 1.10. The van der Waals surface area contributed by atoms with Crippen molar-refractivity contribution in [2.45, 2.75) is 20.0 Å². The smallest absolute Gasteiger partial charge is 0.232 e. The van der Waals surface area contributed by atoms with Gasteiger partial charge in [0.1, 0.15) is 6.07 Å². The van der Waals surface area contributed by atoms with E-state index in [9.17, 15) is 0 Å². The summed E-state index contributed by atoms with van der Waals surface area (Å²) >= 11 is 0. The molecular weight excluding hydrogens is 154 g/mol. The van der Waals surface area contributed by atoms with Gasteiger partial charge in [-0.05, 0) is 13.8 Å². The van der Waals surface area contributed by atoms with E-state index in [0.29, 0.717) is 11.6 Å². The Morgan fingerprint density at radius 1 is 1.42 bits per heavy atom. The van der Waals surface area contributed by atoms with Crippen molar-refractivity contribution in [2.24, 2.45) is 0 Å². The van der Waals surface area contributed by atoms with Crippen LogP contribution < -0.4 is 4.74 Å². The number of nitriles is 1. The maximum Gasteiger partial charge on any atom is 0.232 e. The molecule has 0 radical (unpaired) electrons. The summed E-state index contributed by atoms with van der Waals surface area (Å²) in [4.78, 5) is 7.68. The van der Waals surface area contributed by atoms with Crippen LogP contribution in [0.3, 0.4) is 0 Å². The second kappa shape index (κ2) is 3.67. The molecule has 0 aliphatic carbocycles. The fraction of sp³-hybridized carbons (Fsp3) is 0.375. The average molecular weight is 163 g/mol. The van der Waals surface area contributed by atoms with Gasteiger partial charge in [-0.3, -0.25) is 0 Å². The van der Waals surface area contributed by atoms with Gasteiger partial charge in [0.25, 0.3) is 0 Å². The Bertz CT molecular complexity index is 286. The van der Waals surface area contributed by atoms with Gasteiger partial charge in [0, 0.05) is 0 Å². The van der Waals surface area contributed by atoms with Gasteiger partial charge in [-0.1, -0.05) is 0 Å². The van der Waals surface area contributed by atoms with E-state index >= 15 is 0 Å². The van der Waals surface area contributed by atoms with Crippen molar-refractivity contribution >= 4 is 0 Å². The SMILES string of the molecule is CC(C)Oc1cnc(C#N)cn1. The Balaban J connectivity index is 2.73. The molecule has 4 heteroatoms.